The Morgan fingerprint density at radius 3 is 2.79 bits per heavy atom. The molecule has 1 aliphatic rings. The number of thioether (sulfide) groups is 1. The fourth-order valence-electron chi connectivity index (χ4n) is 1.93. The Balaban J connectivity index is 2.37. The average Bonchev–Trinajstić information content (AvgIpc) is 2.18. The number of allylic oxidation sites excluding steroid dienone is 1. The Morgan fingerprint density at radius 1 is 1.36 bits per heavy atom. The number of hydrogen-bond acceptors (Lipinski definition) is 1. The Morgan fingerprint density at radius 2 is 2.07 bits per heavy atom. The number of hydrogen-bond donors (Lipinski definition) is 0. The molecule has 14 heavy (non-hydrogen) atoms. The smallest absolute Gasteiger partial charge is 0.0147 e. The average molecular weight is 204 g/mol. The van der Waals surface area contributed by atoms with Crippen LogP contribution in [0, 0.1) is 11.8 Å². The van der Waals surface area contributed by atoms with E-state index < -0.39 is 0 Å². The van der Waals surface area contributed by atoms with E-state index in [9.17, 15) is 0 Å². The Bertz CT molecular complexity index is 352. The van der Waals surface area contributed by atoms with Gasteiger partial charge in [0, 0.05) is 10.6 Å². The van der Waals surface area contributed by atoms with Gasteiger partial charge in [0.15, 0.2) is 0 Å². The second-order valence-electron chi connectivity index (χ2n) is 4.18. The van der Waals surface area contributed by atoms with Crippen molar-refractivity contribution in [2.24, 2.45) is 11.8 Å². The van der Waals surface area contributed by atoms with E-state index in [0.29, 0.717) is 11.8 Å². The first-order valence-electron chi connectivity index (χ1n) is 5.11. The predicted molar refractivity (Wildman–Crippen MR) is 64.5 cm³/mol. The molecule has 0 spiro atoms. The molecule has 1 aliphatic heterocycles. The summed E-state index contributed by atoms with van der Waals surface area (Å²) in [5.74, 6) is 2.53. The summed E-state index contributed by atoms with van der Waals surface area (Å²) in [6, 6.07) is 8.60. The quantitative estimate of drug-likeness (QED) is 0.664. The number of fused-ring (bicyclic) bond motifs is 1. The lowest BCUT2D eigenvalue weighted by Gasteiger charge is -2.29. The van der Waals surface area contributed by atoms with Crippen LogP contribution in [0.5, 0.6) is 0 Å². The van der Waals surface area contributed by atoms with Crippen molar-refractivity contribution in [1.29, 1.82) is 0 Å². The van der Waals surface area contributed by atoms with Gasteiger partial charge in [-0.15, -0.1) is 11.8 Å². The first-order chi connectivity index (χ1) is 6.70. The minimum Gasteiger partial charge on any atom is -0.125 e. The van der Waals surface area contributed by atoms with Gasteiger partial charge in [0.05, 0.1) is 0 Å². The highest BCUT2D eigenvalue weighted by Crippen LogP contribution is 2.42. The largest absolute Gasteiger partial charge is 0.125 e. The van der Waals surface area contributed by atoms with Gasteiger partial charge in [-0.05, 0) is 29.0 Å². The molecule has 1 aromatic carbocycles. The first-order valence-corrected chi connectivity index (χ1v) is 6.09. The maximum Gasteiger partial charge on any atom is 0.0147 e. The summed E-state index contributed by atoms with van der Waals surface area (Å²) in [6.45, 7) is 8.81. The van der Waals surface area contributed by atoms with Crippen molar-refractivity contribution >= 4 is 17.3 Å². The molecule has 74 valence electrons. The summed E-state index contributed by atoms with van der Waals surface area (Å²) in [7, 11) is 0. The van der Waals surface area contributed by atoms with E-state index in [0.717, 1.165) is 0 Å². The van der Waals surface area contributed by atoms with Crippen molar-refractivity contribution in [1.82, 2.24) is 0 Å². The summed E-state index contributed by atoms with van der Waals surface area (Å²) in [5, 5.41) is 0. The zero-order valence-electron chi connectivity index (χ0n) is 8.79. The Labute approximate surface area is 90.4 Å². The van der Waals surface area contributed by atoms with Crippen LogP contribution in [0.3, 0.4) is 0 Å². The van der Waals surface area contributed by atoms with Crippen molar-refractivity contribution in [3.8, 4) is 0 Å². The molecular weight excluding hydrogens is 188 g/mol. The zero-order chi connectivity index (χ0) is 10.1. The molecule has 0 amide bonds. The predicted octanol–water partition coefficient (Wildman–Crippen LogP) is 4.08. The molecule has 1 aromatic rings. The summed E-state index contributed by atoms with van der Waals surface area (Å²) < 4.78 is 0. The fourth-order valence-corrected chi connectivity index (χ4v) is 3.41. The number of benzene rings is 1. The third-order valence-corrected chi connectivity index (χ3v) is 4.10. The van der Waals surface area contributed by atoms with Crippen LogP contribution in [0.25, 0.3) is 5.57 Å². The van der Waals surface area contributed by atoms with Crippen LogP contribution in [-0.2, 0) is 0 Å². The molecule has 1 atom stereocenters. The van der Waals surface area contributed by atoms with Gasteiger partial charge in [-0.25, -0.2) is 0 Å². The SMILES string of the molecule is C=C1c2ccccc2SCC1C(C)C. The van der Waals surface area contributed by atoms with Crippen LogP contribution < -0.4 is 0 Å². The second kappa shape index (κ2) is 3.82. The lowest BCUT2D eigenvalue weighted by atomic mass is 9.86. The van der Waals surface area contributed by atoms with Gasteiger partial charge in [0.1, 0.15) is 0 Å². The molecule has 0 aliphatic carbocycles. The Kier molecular flexibility index (Phi) is 2.69. The third-order valence-electron chi connectivity index (χ3n) is 2.90. The Hall–Kier alpha value is -0.690. The summed E-state index contributed by atoms with van der Waals surface area (Å²) in [6.07, 6.45) is 0. The van der Waals surface area contributed by atoms with E-state index in [2.05, 4.69) is 44.7 Å². The van der Waals surface area contributed by atoms with Crippen LogP contribution >= 0.6 is 11.8 Å². The number of rotatable bonds is 1. The monoisotopic (exact) mass is 204 g/mol. The van der Waals surface area contributed by atoms with E-state index in [-0.39, 0.29) is 0 Å². The van der Waals surface area contributed by atoms with Crippen LogP contribution in [0.2, 0.25) is 0 Å². The van der Waals surface area contributed by atoms with Gasteiger partial charge in [-0.2, -0.15) is 0 Å². The lowest BCUT2D eigenvalue weighted by molar-refractivity contribution is 0.522. The molecule has 0 fully saturated rings. The maximum absolute atomic E-state index is 4.24. The van der Waals surface area contributed by atoms with Gasteiger partial charge in [-0.3, -0.25) is 0 Å². The van der Waals surface area contributed by atoms with Crippen molar-refractivity contribution in [2.45, 2.75) is 18.7 Å². The van der Waals surface area contributed by atoms with E-state index in [1.165, 1.54) is 21.8 Å². The topological polar surface area (TPSA) is 0 Å². The summed E-state index contributed by atoms with van der Waals surface area (Å²) in [5.41, 5.74) is 2.69. The van der Waals surface area contributed by atoms with Crippen molar-refractivity contribution in [3.05, 3.63) is 36.4 Å². The van der Waals surface area contributed by atoms with Gasteiger partial charge in [0.25, 0.3) is 0 Å². The molecule has 0 aromatic heterocycles. The molecule has 0 saturated heterocycles. The standard InChI is InChI=1S/C13H16S/c1-9(2)12-8-14-13-7-5-4-6-11(13)10(12)3/h4-7,9,12H,3,8H2,1-2H3. The molecule has 1 heterocycles. The van der Waals surface area contributed by atoms with E-state index in [1.54, 1.807) is 0 Å². The van der Waals surface area contributed by atoms with Crippen LogP contribution in [0.4, 0.5) is 0 Å². The highest BCUT2D eigenvalue weighted by Gasteiger charge is 2.24. The normalized spacial score (nSPS) is 21.1. The molecule has 0 N–H and O–H groups in total. The molecule has 1 unspecified atom stereocenters. The van der Waals surface area contributed by atoms with Crippen LogP contribution in [-0.4, -0.2) is 5.75 Å². The molecule has 2 rings (SSSR count). The van der Waals surface area contributed by atoms with Crippen LogP contribution in [0.1, 0.15) is 19.4 Å². The highest BCUT2D eigenvalue weighted by atomic mass is 32.2. The van der Waals surface area contributed by atoms with Gasteiger partial charge >= 0.3 is 0 Å². The summed E-state index contributed by atoms with van der Waals surface area (Å²) >= 11 is 1.97. The molecule has 0 radical (unpaired) electrons. The second-order valence-corrected chi connectivity index (χ2v) is 5.24. The molecule has 0 bridgehead atoms. The van der Waals surface area contributed by atoms with E-state index in [4.69, 9.17) is 0 Å². The van der Waals surface area contributed by atoms with Crippen molar-refractivity contribution < 1.29 is 0 Å². The molecule has 1 heteroatoms. The highest BCUT2D eigenvalue weighted by molar-refractivity contribution is 7.99. The minimum absolute atomic E-state index is 0.648. The maximum atomic E-state index is 4.24. The van der Waals surface area contributed by atoms with E-state index in [1.807, 2.05) is 11.8 Å². The van der Waals surface area contributed by atoms with Crippen molar-refractivity contribution in [2.75, 3.05) is 5.75 Å². The third kappa shape index (κ3) is 1.61. The van der Waals surface area contributed by atoms with E-state index >= 15 is 0 Å². The first kappa shape index (κ1) is 9.85. The van der Waals surface area contributed by atoms with Gasteiger partial charge in [0.2, 0.25) is 0 Å². The lowest BCUT2D eigenvalue weighted by Crippen LogP contribution is -2.17. The van der Waals surface area contributed by atoms with Crippen LogP contribution in [0.15, 0.2) is 35.7 Å². The molecule has 0 nitrogen and oxygen atoms in total. The zero-order valence-corrected chi connectivity index (χ0v) is 9.60. The molecule has 0 saturated carbocycles. The van der Waals surface area contributed by atoms with Crippen molar-refractivity contribution in [3.63, 3.8) is 0 Å². The van der Waals surface area contributed by atoms with Gasteiger partial charge < -0.3 is 0 Å². The molecular formula is C13H16S. The summed E-state index contributed by atoms with van der Waals surface area (Å²) in [4.78, 5) is 1.40. The van der Waals surface area contributed by atoms with Gasteiger partial charge in [-0.1, -0.05) is 38.6 Å². The minimum atomic E-state index is 0.648. The fraction of sp³-hybridized carbons (Fsp3) is 0.385.